The molecule has 4 rings (SSSR count). The molecule has 82 valence electrons. The molecule has 0 unspecified atom stereocenters. The molecule has 3 nitrogen and oxygen atoms in total. The first-order valence-electron chi connectivity index (χ1n) is 5.61. The van der Waals surface area contributed by atoms with Gasteiger partial charge in [-0.2, -0.15) is 0 Å². The molecule has 2 saturated heterocycles. The zero-order valence-corrected chi connectivity index (χ0v) is 9.14. The van der Waals surface area contributed by atoms with Gasteiger partial charge in [-0.3, -0.25) is 9.59 Å². The second-order valence-electron chi connectivity index (χ2n) is 4.60. The van der Waals surface area contributed by atoms with Crippen molar-refractivity contribution in [1.29, 1.82) is 0 Å². The molecule has 3 heteroatoms. The van der Waals surface area contributed by atoms with E-state index in [0.29, 0.717) is 11.6 Å². The molecular weight excluding hydrogens is 202 g/mol. The molecule has 1 aliphatic carbocycles. The molecule has 2 aliphatic heterocycles. The number of anilines is 1. The second-order valence-corrected chi connectivity index (χ2v) is 4.60. The summed E-state index contributed by atoms with van der Waals surface area (Å²) in [6.07, 6.45) is 1.93. The van der Waals surface area contributed by atoms with E-state index < -0.39 is 0 Å². The molecule has 2 heterocycles. The Kier molecular flexibility index (Phi) is 1.90. The van der Waals surface area contributed by atoms with Crippen LogP contribution < -0.4 is 4.90 Å². The van der Waals surface area contributed by atoms with E-state index in [4.69, 9.17) is 0 Å². The molecular formula is C13H13NO2. The first-order valence-corrected chi connectivity index (χ1v) is 5.61. The molecule has 2 bridgehead atoms. The number of Topliss-reactive ketones (excluding diaryl/α,β-unsaturated/α-hetero) is 1. The van der Waals surface area contributed by atoms with Crippen molar-refractivity contribution in [2.45, 2.75) is 25.8 Å². The van der Waals surface area contributed by atoms with Crippen molar-refractivity contribution in [2.24, 2.45) is 5.92 Å². The smallest absolute Gasteiger partial charge is 0.230 e. The Morgan fingerprint density at radius 2 is 2.00 bits per heavy atom. The van der Waals surface area contributed by atoms with Gasteiger partial charge in [-0.25, -0.2) is 0 Å². The van der Waals surface area contributed by atoms with Crippen molar-refractivity contribution in [1.82, 2.24) is 0 Å². The maximum Gasteiger partial charge on any atom is 0.230 e. The summed E-state index contributed by atoms with van der Waals surface area (Å²) in [5.41, 5.74) is 1.45. The van der Waals surface area contributed by atoms with Crippen LogP contribution in [0, 0.1) is 5.92 Å². The fourth-order valence-electron chi connectivity index (χ4n) is 2.67. The minimum Gasteiger partial charge on any atom is -0.308 e. The molecule has 3 aliphatic rings. The number of benzene rings is 1. The maximum absolute atomic E-state index is 11.9. The van der Waals surface area contributed by atoms with Crippen LogP contribution in [0.4, 0.5) is 5.69 Å². The average Bonchev–Trinajstić information content (AvgIpc) is 2.68. The SMILES string of the molecule is CC(=O)c1ccccc1N1C(=O)C2CC1C2. The van der Waals surface area contributed by atoms with Gasteiger partial charge in [0.25, 0.3) is 0 Å². The number of hydrogen-bond donors (Lipinski definition) is 0. The Balaban J connectivity index is 2.06. The fraction of sp³-hybridized carbons (Fsp3) is 0.385. The Hall–Kier alpha value is -1.64. The van der Waals surface area contributed by atoms with Gasteiger partial charge in [0.15, 0.2) is 5.78 Å². The van der Waals surface area contributed by atoms with Crippen molar-refractivity contribution in [3.63, 3.8) is 0 Å². The van der Waals surface area contributed by atoms with Gasteiger partial charge < -0.3 is 4.90 Å². The van der Waals surface area contributed by atoms with Gasteiger partial charge in [0.05, 0.1) is 5.69 Å². The number of fused-ring (bicyclic) bond motifs is 1. The third-order valence-corrected chi connectivity index (χ3v) is 3.61. The Morgan fingerprint density at radius 1 is 1.31 bits per heavy atom. The Bertz CT molecular complexity index is 475. The minimum atomic E-state index is 0.0208. The standard InChI is InChI=1S/C13H13NO2/c1-8(15)11-4-2-3-5-12(11)14-10-6-9(7-10)13(14)16/h2-5,9-10H,6-7H2,1H3. The first-order chi connectivity index (χ1) is 7.68. The van der Waals surface area contributed by atoms with Crippen LogP contribution in [0.5, 0.6) is 0 Å². The largest absolute Gasteiger partial charge is 0.308 e. The van der Waals surface area contributed by atoms with E-state index in [-0.39, 0.29) is 17.6 Å². The first kappa shape index (κ1) is 9.58. The maximum atomic E-state index is 11.9. The third kappa shape index (κ3) is 1.14. The van der Waals surface area contributed by atoms with E-state index in [1.54, 1.807) is 13.0 Å². The van der Waals surface area contributed by atoms with Crippen LogP contribution in [0.25, 0.3) is 0 Å². The number of ketones is 1. The number of amides is 1. The lowest BCUT2D eigenvalue weighted by atomic mass is 9.86. The number of carbonyl (C=O) groups excluding carboxylic acids is 2. The summed E-state index contributed by atoms with van der Waals surface area (Å²) in [6, 6.07) is 7.71. The van der Waals surface area contributed by atoms with Crippen LogP contribution in [0.3, 0.4) is 0 Å². The molecule has 16 heavy (non-hydrogen) atoms. The lowest BCUT2D eigenvalue weighted by molar-refractivity contribution is -0.119. The van der Waals surface area contributed by atoms with E-state index >= 15 is 0 Å². The summed E-state index contributed by atoms with van der Waals surface area (Å²) in [4.78, 5) is 25.3. The molecule has 1 saturated carbocycles. The van der Waals surface area contributed by atoms with E-state index in [0.717, 1.165) is 18.5 Å². The molecule has 0 spiro atoms. The molecule has 0 atom stereocenters. The van der Waals surface area contributed by atoms with Crippen LogP contribution in [-0.4, -0.2) is 17.7 Å². The lowest BCUT2D eigenvalue weighted by Gasteiger charge is -2.26. The van der Waals surface area contributed by atoms with Gasteiger partial charge in [0, 0.05) is 17.5 Å². The van der Waals surface area contributed by atoms with Gasteiger partial charge >= 0.3 is 0 Å². The van der Waals surface area contributed by atoms with Crippen molar-refractivity contribution in [3.05, 3.63) is 29.8 Å². The van der Waals surface area contributed by atoms with Crippen LogP contribution >= 0.6 is 0 Å². The normalized spacial score (nSPS) is 26.8. The highest BCUT2D eigenvalue weighted by atomic mass is 16.2. The van der Waals surface area contributed by atoms with E-state index in [9.17, 15) is 9.59 Å². The minimum absolute atomic E-state index is 0.0208. The van der Waals surface area contributed by atoms with E-state index in [1.807, 2.05) is 23.1 Å². The fourth-order valence-corrected chi connectivity index (χ4v) is 2.67. The van der Waals surface area contributed by atoms with Crippen molar-refractivity contribution in [3.8, 4) is 0 Å². The van der Waals surface area contributed by atoms with Crippen molar-refractivity contribution in [2.75, 3.05) is 4.90 Å². The monoisotopic (exact) mass is 215 g/mol. The average molecular weight is 215 g/mol. The van der Waals surface area contributed by atoms with Crippen molar-refractivity contribution >= 4 is 17.4 Å². The quantitative estimate of drug-likeness (QED) is 0.708. The molecule has 0 radical (unpaired) electrons. The number of hydrogen-bond acceptors (Lipinski definition) is 2. The molecule has 0 N–H and O–H groups in total. The third-order valence-electron chi connectivity index (χ3n) is 3.61. The number of para-hydroxylation sites is 1. The number of rotatable bonds is 2. The highest BCUT2D eigenvalue weighted by Crippen LogP contribution is 2.45. The predicted octanol–water partition coefficient (Wildman–Crippen LogP) is 2.01. The molecule has 1 aromatic rings. The van der Waals surface area contributed by atoms with Gasteiger partial charge in [0.2, 0.25) is 5.91 Å². The van der Waals surface area contributed by atoms with Crippen LogP contribution in [0.2, 0.25) is 0 Å². The van der Waals surface area contributed by atoms with Gasteiger partial charge in [-0.15, -0.1) is 0 Å². The zero-order valence-electron chi connectivity index (χ0n) is 9.14. The van der Waals surface area contributed by atoms with Gasteiger partial charge in [-0.05, 0) is 31.9 Å². The molecule has 1 aromatic carbocycles. The van der Waals surface area contributed by atoms with Crippen molar-refractivity contribution < 1.29 is 9.59 Å². The highest BCUT2D eigenvalue weighted by molar-refractivity contribution is 6.07. The summed E-state index contributed by atoms with van der Waals surface area (Å²) in [5.74, 6) is 0.427. The predicted molar refractivity (Wildman–Crippen MR) is 60.4 cm³/mol. The summed E-state index contributed by atoms with van der Waals surface area (Å²) in [5, 5.41) is 0. The zero-order chi connectivity index (χ0) is 11.3. The van der Waals surface area contributed by atoms with E-state index in [2.05, 4.69) is 0 Å². The summed E-state index contributed by atoms with van der Waals surface area (Å²) < 4.78 is 0. The number of nitrogens with zero attached hydrogens (tertiary/aromatic N) is 1. The molecule has 1 amide bonds. The second kappa shape index (κ2) is 3.17. The molecule has 3 fully saturated rings. The Morgan fingerprint density at radius 3 is 2.56 bits per heavy atom. The molecule has 0 aromatic heterocycles. The summed E-state index contributed by atoms with van der Waals surface area (Å²) in [7, 11) is 0. The van der Waals surface area contributed by atoms with E-state index in [1.165, 1.54) is 0 Å². The summed E-state index contributed by atoms with van der Waals surface area (Å²) in [6.45, 7) is 1.55. The number of carbonyl (C=O) groups is 2. The van der Waals surface area contributed by atoms with Crippen LogP contribution in [0.15, 0.2) is 24.3 Å². The van der Waals surface area contributed by atoms with Gasteiger partial charge in [0.1, 0.15) is 0 Å². The highest BCUT2D eigenvalue weighted by Gasteiger charge is 2.50. The van der Waals surface area contributed by atoms with Crippen LogP contribution in [-0.2, 0) is 4.79 Å². The van der Waals surface area contributed by atoms with Gasteiger partial charge in [-0.1, -0.05) is 12.1 Å². The van der Waals surface area contributed by atoms with Crippen LogP contribution in [0.1, 0.15) is 30.1 Å². The summed E-state index contributed by atoms with van der Waals surface area (Å²) >= 11 is 0. The Labute approximate surface area is 94.1 Å². The topological polar surface area (TPSA) is 37.4 Å². The lowest BCUT2D eigenvalue weighted by Crippen LogP contribution is -2.30.